The van der Waals surface area contributed by atoms with Crippen LogP contribution in [-0.2, 0) is 16.0 Å². The van der Waals surface area contributed by atoms with Crippen molar-refractivity contribution in [2.45, 2.75) is 20.3 Å². The first-order valence-electron chi connectivity index (χ1n) is 6.79. The molecule has 21 heavy (non-hydrogen) atoms. The van der Waals surface area contributed by atoms with Gasteiger partial charge in [0.05, 0.1) is 25.8 Å². The Kier molecular flexibility index (Phi) is 10.7. The van der Waals surface area contributed by atoms with Crippen LogP contribution in [0.25, 0.3) is 0 Å². The summed E-state index contributed by atoms with van der Waals surface area (Å²) in [4.78, 5) is 15.7. The molecule has 7 heteroatoms. The van der Waals surface area contributed by atoms with Gasteiger partial charge in [-0.05, 0) is 19.1 Å². The highest BCUT2D eigenvalue weighted by Crippen LogP contribution is 2.00. The van der Waals surface area contributed by atoms with Gasteiger partial charge in [-0.2, -0.15) is 0 Å². The van der Waals surface area contributed by atoms with E-state index >= 15 is 0 Å². The van der Waals surface area contributed by atoms with E-state index in [-0.39, 0.29) is 35.9 Å². The molecule has 0 spiro atoms. The Morgan fingerprint density at radius 1 is 1.48 bits per heavy atom. The summed E-state index contributed by atoms with van der Waals surface area (Å²) < 4.78 is 9.93. The molecule has 0 aliphatic carbocycles. The molecule has 0 fully saturated rings. The predicted molar refractivity (Wildman–Crippen MR) is 93.0 cm³/mol. The van der Waals surface area contributed by atoms with Gasteiger partial charge in [-0.3, -0.25) is 9.79 Å². The molecule has 0 aliphatic heterocycles. The van der Waals surface area contributed by atoms with Gasteiger partial charge in [0, 0.05) is 19.5 Å². The van der Waals surface area contributed by atoms with Gasteiger partial charge < -0.3 is 19.8 Å². The summed E-state index contributed by atoms with van der Waals surface area (Å²) in [6, 6.07) is 3.80. The molecule has 1 heterocycles. The average Bonchev–Trinajstić information content (AvgIpc) is 2.96. The van der Waals surface area contributed by atoms with E-state index in [4.69, 9.17) is 4.42 Å². The van der Waals surface area contributed by atoms with Crippen LogP contribution in [0.4, 0.5) is 0 Å². The molecule has 6 nitrogen and oxygen atoms in total. The first-order chi connectivity index (χ1) is 9.67. The Morgan fingerprint density at radius 3 is 2.81 bits per heavy atom. The van der Waals surface area contributed by atoms with Gasteiger partial charge in [0.25, 0.3) is 0 Å². The van der Waals surface area contributed by atoms with Crippen LogP contribution in [0.5, 0.6) is 0 Å². The molecule has 1 atom stereocenters. The van der Waals surface area contributed by atoms with E-state index in [2.05, 4.69) is 20.4 Å². The van der Waals surface area contributed by atoms with Crippen LogP contribution in [0.1, 0.15) is 19.6 Å². The minimum Gasteiger partial charge on any atom is -0.469 e. The summed E-state index contributed by atoms with van der Waals surface area (Å²) in [5, 5.41) is 6.33. The van der Waals surface area contributed by atoms with Crippen LogP contribution < -0.4 is 10.6 Å². The molecule has 0 saturated carbocycles. The molecule has 1 rings (SSSR count). The lowest BCUT2D eigenvalue weighted by Gasteiger charge is -2.12. The number of nitrogens with zero attached hydrogens (tertiary/aromatic N) is 1. The van der Waals surface area contributed by atoms with Gasteiger partial charge in [-0.25, -0.2) is 0 Å². The van der Waals surface area contributed by atoms with Crippen molar-refractivity contribution in [3.63, 3.8) is 0 Å². The molecule has 1 aromatic rings. The molecule has 0 amide bonds. The van der Waals surface area contributed by atoms with Crippen LogP contribution in [0.15, 0.2) is 27.8 Å². The summed E-state index contributed by atoms with van der Waals surface area (Å²) in [7, 11) is 1.38. The lowest BCUT2D eigenvalue weighted by Crippen LogP contribution is -2.38. The van der Waals surface area contributed by atoms with Crippen LogP contribution in [0.3, 0.4) is 0 Å². The van der Waals surface area contributed by atoms with E-state index in [9.17, 15) is 4.79 Å². The van der Waals surface area contributed by atoms with E-state index in [1.807, 2.05) is 19.1 Å². The second-order valence-corrected chi connectivity index (χ2v) is 4.40. The van der Waals surface area contributed by atoms with Crippen molar-refractivity contribution in [2.75, 3.05) is 26.7 Å². The monoisotopic (exact) mass is 409 g/mol. The third kappa shape index (κ3) is 7.93. The zero-order valence-electron chi connectivity index (χ0n) is 12.7. The van der Waals surface area contributed by atoms with Gasteiger partial charge in [0.2, 0.25) is 0 Å². The second kappa shape index (κ2) is 11.4. The Balaban J connectivity index is 0.00000400. The summed E-state index contributed by atoms with van der Waals surface area (Å²) in [5.74, 6) is 1.12. The number of rotatable bonds is 7. The third-order valence-electron chi connectivity index (χ3n) is 2.71. The fraction of sp³-hybridized carbons (Fsp3) is 0.571. The van der Waals surface area contributed by atoms with Crippen LogP contribution in [0.2, 0.25) is 0 Å². The maximum absolute atomic E-state index is 11.3. The van der Waals surface area contributed by atoms with E-state index in [0.29, 0.717) is 19.0 Å². The van der Waals surface area contributed by atoms with E-state index in [0.717, 1.165) is 18.7 Å². The third-order valence-corrected chi connectivity index (χ3v) is 2.71. The Labute approximate surface area is 142 Å². The van der Waals surface area contributed by atoms with Crippen molar-refractivity contribution in [2.24, 2.45) is 10.9 Å². The van der Waals surface area contributed by atoms with Gasteiger partial charge in [-0.15, -0.1) is 24.0 Å². The number of hydrogen-bond donors (Lipinski definition) is 2. The number of esters is 1. The van der Waals surface area contributed by atoms with E-state index < -0.39 is 0 Å². The number of ether oxygens (including phenoxy) is 1. The highest BCUT2D eigenvalue weighted by molar-refractivity contribution is 14.0. The van der Waals surface area contributed by atoms with Gasteiger partial charge in [0.1, 0.15) is 5.76 Å². The molecule has 0 saturated heterocycles. The standard InChI is InChI=1S/C14H23N3O3.HI/c1-4-15-14(17-10-11(2)13(18)19-3)16-8-7-12-6-5-9-20-12;/h5-6,9,11H,4,7-8,10H2,1-3H3,(H2,15,16,17);1H. The molecule has 120 valence electrons. The number of nitrogens with one attached hydrogen (secondary N) is 2. The number of furan rings is 1. The zero-order chi connectivity index (χ0) is 14.8. The van der Waals surface area contributed by atoms with Crippen molar-refractivity contribution in [3.8, 4) is 0 Å². The summed E-state index contributed by atoms with van der Waals surface area (Å²) in [6.45, 7) is 5.66. The van der Waals surface area contributed by atoms with Crippen molar-refractivity contribution in [3.05, 3.63) is 24.2 Å². The number of halogens is 1. The summed E-state index contributed by atoms with van der Waals surface area (Å²) in [6.07, 6.45) is 2.44. The number of carbonyl (C=O) groups is 1. The second-order valence-electron chi connectivity index (χ2n) is 4.40. The number of methoxy groups -OCH3 is 1. The number of guanidine groups is 1. The molecule has 1 aromatic heterocycles. The maximum atomic E-state index is 11.3. The van der Waals surface area contributed by atoms with Crippen LogP contribution in [0, 0.1) is 5.92 Å². The lowest BCUT2D eigenvalue weighted by atomic mass is 10.2. The predicted octanol–water partition coefficient (Wildman–Crippen LogP) is 1.80. The minimum atomic E-state index is -0.250. The fourth-order valence-corrected chi connectivity index (χ4v) is 1.60. The smallest absolute Gasteiger partial charge is 0.310 e. The average molecular weight is 409 g/mol. The van der Waals surface area contributed by atoms with Crippen LogP contribution >= 0.6 is 24.0 Å². The Bertz CT molecular complexity index is 421. The zero-order valence-corrected chi connectivity index (χ0v) is 15.0. The highest BCUT2D eigenvalue weighted by Gasteiger charge is 2.12. The number of carbonyl (C=O) groups excluding carboxylic acids is 1. The topological polar surface area (TPSA) is 75.9 Å². The fourth-order valence-electron chi connectivity index (χ4n) is 1.60. The molecule has 0 radical (unpaired) electrons. The molecule has 1 unspecified atom stereocenters. The quantitative estimate of drug-likeness (QED) is 0.311. The summed E-state index contributed by atoms with van der Waals surface area (Å²) in [5.41, 5.74) is 0. The van der Waals surface area contributed by atoms with Gasteiger partial charge in [-0.1, -0.05) is 6.92 Å². The van der Waals surface area contributed by atoms with E-state index in [1.54, 1.807) is 13.2 Å². The SMILES string of the molecule is CCNC(=NCC(C)C(=O)OC)NCCc1ccco1.I. The molecular weight excluding hydrogens is 385 g/mol. The Hall–Kier alpha value is -1.25. The first-order valence-corrected chi connectivity index (χ1v) is 6.79. The van der Waals surface area contributed by atoms with Gasteiger partial charge >= 0.3 is 5.97 Å². The van der Waals surface area contributed by atoms with Crippen molar-refractivity contribution in [1.29, 1.82) is 0 Å². The van der Waals surface area contributed by atoms with Crippen molar-refractivity contribution >= 4 is 35.9 Å². The highest BCUT2D eigenvalue weighted by atomic mass is 127. The van der Waals surface area contributed by atoms with Crippen molar-refractivity contribution in [1.82, 2.24) is 10.6 Å². The normalized spacial score (nSPS) is 12.2. The molecule has 0 bridgehead atoms. The van der Waals surface area contributed by atoms with Gasteiger partial charge in [0.15, 0.2) is 5.96 Å². The molecule has 2 N–H and O–H groups in total. The molecule has 0 aliphatic rings. The minimum absolute atomic E-state index is 0. The van der Waals surface area contributed by atoms with Crippen molar-refractivity contribution < 1.29 is 13.9 Å². The molecule has 0 aromatic carbocycles. The maximum Gasteiger partial charge on any atom is 0.310 e. The number of hydrogen-bond acceptors (Lipinski definition) is 4. The first kappa shape index (κ1) is 19.8. The summed E-state index contributed by atoms with van der Waals surface area (Å²) >= 11 is 0. The number of aliphatic imine (C=N–C) groups is 1. The lowest BCUT2D eigenvalue weighted by molar-refractivity contribution is -0.144. The van der Waals surface area contributed by atoms with Crippen LogP contribution in [-0.4, -0.2) is 38.7 Å². The largest absolute Gasteiger partial charge is 0.469 e. The Morgan fingerprint density at radius 2 is 2.24 bits per heavy atom. The molecular formula is C14H24IN3O3. The van der Waals surface area contributed by atoms with E-state index in [1.165, 1.54) is 7.11 Å².